The number of anilines is 3. The second kappa shape index (κ2) is 7.18. The van der Waals surface area contributed by atoms with Gasteiger partial charge in [0, 0.05) is 6.07 Å². The van der Waals surface area contributed by atoms with E-state index in [0.29, 0.717) is 6.07 Å². The van der Waals surface area contributed by atoms with Gasteiger partial charge >= 0.3 is 0 Å². The fourth-order valence-electron chi connectivity index (χ4n) is 2.04. The van der Waals surface area contributed by atoms with E-state index >= 15 is 0 Å². The zero-order valence-electron chi connectivity index (χ0n) is 12.9. The summed E-state index contributed by atoms with van der Waals surface area (Å²) in [5, 5.41) is 11.9. The van der Waals surface area contributed by atoms with Crippen molar-refractivity contribution in [2.45, 2.75) is 0 Å². The first-order valence-corrected chi connectivity index (χ1v) is 7.25. The molecule has 0 bridgehead atoms. The van der Waals surface area contributed by atoms with Crippen molar-refractivity contribution in [3.63, 3.8) is 0 Å². The molecular weight excluding hydrogens is 352 g/mol. The Morgan fingerprint density at radius 2 is 1.58 bits per heavy atom. The molecule has 1 heterocycles. The summed E-state index contributed by atoms with van der Waals surface area (Å²) in [5.41, 5.74) is -0.848. The van der Waals surface area contributed by atoms with E-state index in [1.54, 1.807) is 0 Å². The van der Waals surface area contributed by atoms with E-state index in [2.05, 4.69) is 20.8 Å². The van der Waals surface area contributed by atoms with Crippen molar-refractivity contribution in [1.82, 2.24) is 10.2 Å². The Morgan fingerprint density at radius 3 is 2.19 bits per heavy atom. The van der Waals surface area contributed by atoms with Crippen molar-refractivity contribution in [3.05, 3.63) is 77.5 Å². The molecule has 2 N–H and O–H groups in total. The molecule has 3 rings (SSSR count). The van der Waals surface area contributed by atoms with E-state index in [1.165, 1.54) is 18.2 Å². The van der Waals surface area contributed by atoms with Gasteiger partial charge in [-0.3, -0.25) is 4.79 Å². The molecule has 3 aromatic rings. The Morgan fingerprint density at radius 1 is 0.846 bits per heavy atom. The number of halogens is 4. The quantitative estimate of drug-likeness (QED) is 0.688. The Balaban J connectivity index is 1.74. The van der Waals surface area contributed by atoms with E-state index in [4.69, 9.17) is 0 Å². The van der Waals surface area contributed by atoms with Gasteiger partial charge < -0.3 is 10.6 Å². The van der Waals surface area contributed by atoms with Crippen molar-refractivity contribution >= 4 is 23.1 Å². The predicted octanol–water partition coefficient (Wildman–Crippen LogP) is 4.03. The third kappa shape index (κ3) is 3.77. The molecule has 0 saturated heterocycles. The SMILES string of the molecule is O=C(Nc1c(F)cccc1F)c1ccc(Nc2ccc(F)cc2F)nn1. The van der Waals surface area contributed by atoms with Crippen LogP contribution < -0.4 is 10.6 Å². The summed E-state index contributed by atoms with van der Waals surface area (Å²) >= 11 is 0. The summed E-state index contributed by atoms with van der Waals surface area (Å²) in [4.78, 5) is 12.0. The molecule has 0 aliphatic heterocycles. The van der Waals surface area contributed by atoms with Gasteiger partial charge in [0.15, 0.2) is 11.5 Å². The molecule has 0 unspecified atom stereocenters. The highest BCUT2D eigenvalue weighted by atomic mass is 19.1. The number of benzene rings is 2. The summed E-state index contributed by atoms with van der Waals surface area (Å²) in [6, 6.07) is 8.61. The summed E-state index contributed by atoms with van der Waals surface area (Å²) in [7, 11) is 0. The molecule has 1 aromatic heterocycles. The molecule has 132 valence electrons. The number of rotatable bonds is 4. The van der Waals surface area contributed by atoms with Gasteiger partial charge in [0.2, 0.25) is 0 Å². The lowest BCUT2D eigenvalue weighted by molar-refractivity contribution is 0.102. The first kappa shape index (κ1) is 17.3. The maximum absolute atomic E-state index is 13.6. The second-order valence-electron chi connectivity index (χ2n) is 5.10. The molecule has 9 heteroatoms. The van der Waals surface area contributed by atoms with Crippen LogP contribution in [0, 0.1) is 23.3 Å². The Bertz CT molecular complexity index is 943. The lowest BCUT2D eigenvalue weighted by Gasteiger charge is -2.08. The average molecular weight is 362 g/mol. The van der Waals surface area contributed by atoms with Gasteiger partial charge in [-0.2, -0.15) is 0 Å². The molecule has 26 heavy (non-hydrogen) atoms. The fourth-order valence-corrected chi connectivity index (χ4v) is 2.04. The number of aromatic nitrogens is 2. The number of hydrogen-bond acceptors (Lipinski definition) is 4. The minimum Gasteiger partial charge on any atom is -0.336 e. The zero-order valence-corrected chi connectivity index (χ0v) is 12.9. The van der Waals surface area contributed by atoms with Gasteiger partial charge in [0.05, 0.1) is 5.69 Å². The van der Waals surface area contributed by atoms with Crippen LogP contribution in [0.5, 0.6) is 0 Å². The number of para-hydroxylation sites is 1. The molecule has 5 nitrogen and oxygen atoms in total. The van der Waals surface area contributed by atoms with E-state index in [9.17, 15) is 22.4 Å². The van der Waals surface area contributed by atoms with Crippen LogP contribution in [0.3, 0.4) is 0 Å². The van der Waals surface area contributed by atoms with E-state index < -0.39 is 34.9 Å². The Labute approximate surface area is 144 Å². The second-order valence-corrected chi connectivity index (χ2v) is 5.10. The monoisotopic (exact) mass is 362 g/mol. The number of amides is 1. The highest BCUT2D eigenvalue weighted by Gasteiger charge is 2.15. The highest BCUT2D eigenvalue weighted by molar-refractivity contribution is 6.02. The van der Waals surface area contributed by atoms with E-state index in [1.807, 2.05) is 0 Å². The van der Waals surface area contributed by atoms with Crippen molar-refractivity contribution in [3.8, 4) is 0 Å². The molecule has 2 aromatic carbocycles. The number of nitrogens with zero attached hydrogens (tertiary/aromatic N) is 2. The lowest BCUT2D eigenvalue weighted by Crippen LogP contribution is -2.16. The molecule has 0 fully saturated rings. The first-order valence-electron chi connectivity index (χ1n) is 7.25. The van der Waals surface area contributed by atoms with Gasteiger partial charge in [0.1, 0.15) is 29.0 Å². The summed E-state index contributed by atoms with van der Waals surface area (Å²) in [6.07, 6.45) is 0. The predicted molar refractivity (Wildman–Crippen MR) is 86.0 cm³/mol. The summed E-state index contributed by atoms with van der Waals surface area (Å²) in [5.74, 6) is -4.21. The number of carbonyl (C=O) groups is 1. The summed E-state index contributed by atoms with van der Waals surface area (Å²) < 4.78 is 53.5. The third-order valence-corrected chi connectivity index (χ3v) is 3.29. The van der Waals surface area contributed by atoms with Gasteiger partial charge in [-0.25, -0.2) is 17.6 Å². The molecule has 0 saturated carbocycles. The van der Waals surface area contributed by atoms with Crippen LogP contribution in [-0.2, 0) is 0 Å². The smallest absolute Gasteiger partial charge is 0.276 e. The maximum atomic E-state index is 13.6. The molecule has 0 aliphatic carbocycles. The molecule has 0 spiro atoms. The topological polar surface area (TPSA) is 66.9 Å². The van der Waals surface area contributed by atoms with Gasteiger partial charge in [-0.1, -0.05) is 6.07 Å². The standard InChI is InChI=1S/C17H10F4N4O/c18-9-4-5-13(12(21)8-9)22-15-7-6-14(24-25-15)17(26)23-16-10(19)2-1-3-11(16)20/h1-8H,(H,22,25)(H,23,26). The number of hydrogen-bond donors (Lipinski definition) is 2. The van der Waals surface area contributed by atoms with Gasteiger partial charge in [-0.15, -0.1) is 10.2 Å². The van der Waals surface area contributed by atoms with Crippen LogP contribution in [0.1, 0.15) is 10.5 Å². The van der Waals surface area contributed by atoms with Crippen molar-refractivity contribution in [2.75, 3.05) is 10.6 Å². The minimum absolute atomic E-state index is 0.0358. The average Bonchev–Trinajstić information content (AvgIpc) is 2.61. The Kier molecular flexibility index (Phi) is 4.78. The van der Waals surface area contributed by atoms with E-state index in [-0.39, 0.29) is 17.2 Å². The molecule has 1 amide bonds. The molecule has 0 atom stereocenters. The fraction of sp³-hybridized carbons (Fsp3) is 0. The minimum atomic E-state index is -0.934. The maximum Gasteiger partial charge on any atom is 0.276 e. The van der Waals surface area contributed by atoms with Crippen LogP contribution >= 0.6 is 0 Å². The molecular formula is C17H10F4N4O. The van der Waals surface area contributed by atoms with Crippen LogP contribution in [0.4, 0.5) is 34.8 Å². The first-order chi connectivity index (χ1) is 12.4. The largest absolute Gasteiger partial charge is 0.336 e. The van der Waals surface area contributed by atoms with Crippen molar-refractivity contribution < 1.29 is 22.4 Å². The lowest BCUT2D eigenvalue weighted by atomic mass is 10.2. The van der Waals surface area contributed by atoms with Crippen LogP contribution in [-0.4, -0.2) is 16.1 Å². The van der Waals surface area contributed by atoms with Crippen molar-refractivity contribution in [2.24, 2.45) is 0 Å². The normalized spacial score (nSPS) is 10.5. The van der Waals surface area contributed by atoms with E-state index in [0.717, 1.165) is 24.3 Å². The molecule has 0 aliphatic rings. The third-order valence-electron chi connectivity index (χ3n) is 3.29. The van der Waals surface area contributed by atoms with Crippen molar-refractivity contribution in [1.29, 1.82) is 0 Å². The zero-order chi connectivity index (χ0) is 18.7. The number of carbonyl (C=O) groups excluding carboxylic acids is 1. The highest BCUT2D eigenvalue weighted by Crippen LogP contribution is 2.20. The summed E-state index contributed by atoms with van der Waals surface area (Å²) in [6.45, 7) is 0. The molecule has 0 radical (unpaired) electrons. The van der Waals surface area contributed by atoms with Gasteiger partial charge in [-0.05, 0) is 36.4 Å². The van der Waals surface area contributed by atoms with Crippen LogP contribution in [0.2, 0.25) is 0 Å². The number of nitrogens with one attached hydrogen (secondary N) is 2. The van der Waals surface area contributed by atoms with Gasteiger partial charge in [0.25, 0.3) is 5.91 Å². The van der Waals surface area contributed by atoms with Crippen LogP contribution in [0.25, 0.3) is 0 Å². The Hall–Kier alpha value is -3.49. The van der Waals surface area contributed by atoms with Crippen LogP contribution in [0.15, 0.2) is 48.5 Å².